The van der Waals surface area contributed by atoms with Gasteiger partial charge in [-0.05, 0) is 12.1 Å². The van der Waals surface area contributed by atoms with Crippen LogP contribution in [0.2, 0.25) is 0 Å². The first kappa shape index (κ1) is 15.6. The predicted octanol–water partition coefficient (Wildman–Crippen LogP) is 1.13. The molecule has 8 nitrogen and oxygen atoms in total. The fourth-order valence-corrected chi connectivity index (χ4v) is 2.38. The van der Waals surface area contributed by atoms with Crippen LogP contribution in [0.5, 0.6) is 0 Å². The van der Waals surface area contributed by atoms with E-state index in [1.165, 1.54) is 12.1 Å². The first-order chi connectivity index (χ1) is 8.90. The molecule has 19 heavy (non-hydrogen) atoms. The molecule has 0 aliphatic carbocycles. The molecule has 0 atom stereocenters. The second kappa shape index (κ2) is 7.19. The minimum atomic E-state index is -1.10. The van der Waals surface area contributed by atoms with Crippen LogP contribution in [-0.4, -0.2) is 43.8 Å². The summed E-state index contributed by atoms with van der Waals surface area (Å²) in [5.74, 6) is -2.67. The summed E-state index contributed by atoms with van der Waals surface area (Å²) < 4.78 is 0. The number of anilines is 1. The molecular formula is C9H9N2O6S2-. The third-order valence-corrected chi connectivity index (χ3v) is 3.58. The van der Waals surface area contributed by atoms with Gasteiger partial charge in [-0.25, -0.2) is 4.98 Å². The number of carboxylic acid groups (broad SMARTS) is 2. The standard InChI is InChI=1S/C9H9N2O6S2/c12-7(13)3-18-6-2-1-5(11(16)17)9(10-6)19-4-8(14)15/h1-2,16H,3-4H2,(H,12,13)(H,14,15)/q-1. The number of pyridine rings is 1. The Hall–Kier alpha value is -1.49. The number of thioether (sulfide) groups is 2. The molecule has 0 aliphatic rings. The van der Waals surface area contributed by atoms with Crippen LogP contribution in [0.4, 0.5) is 5.69 Å². The molecule has 0 fully saturated rings. The first-order valence-electron chi connectivity index (χ1n) is 4.76. The Kier molecular flexibility index (Phi) is 5.89. The van der Waals surface area contributed by atoms with Crippen molar-refractivity contribution in [3.05, 3.63) is 17.3 Å². The van der Waals surface area contributed by atoms with Crippen LogP contribution < -0.4 is 5.23 Å². The highest BCUT2D eigenvalue weighted by Crippen LogP contribution is 2.30. The summed E-state index contributed by atoms with van der Waals surface area (Å²) in [6.07, 6.45) is 0. The summed E-state index contributed by atoms with van der Waals surface area (Å²) in [5.41, 5.74) is -0.189. The maximum Gasteiger partial charge on any atom is 0.313 e. The molecule has 1 rings (SSSR count). The van der Waals surface area contributed by atoms with Crippen molar-refractivity contribution < 1.29 is 25.0 Å². The molecule has 0 saturated carbocycles. The average Bonchev–Trinajstić information content (AvgIpc) is 2.33. The molecule has 104 valence electrons. The van der Waals surface area contributed by atoms with E-state index in [2.05, 4.69) is 4.98 Å². The van der Waals surface area contributed by atoms with Gasteiger partial charge in [0.15, 0.2) is 0 Å². The van der Waals surface area contributed by atoms with Gasteiger partial charge in [-0.2, -0.15) is 0 Å². The van der Waals surface area contributed by atoms with E-state index in [9.17, 15) is 14.8 Å². The number of carboxylic acids is 2. The van der Waals surface area contributed by atoms with Gasteiger partial charge in [0.05, 0.1) is 22.2 Å². The Balaban J connectivity index is 2.90. The van der Waals surface area contributed by atoms with Gasteiger partial charge in [0.25, 0.3) is 0 Å². The Morgan fingerprint density at radius 3 is 2.32 bits per heavy atom. The lowest BCUT2D eigenvalue weighted by molar-refractivity contribution is -0.134. The minimum Gasteiger partial charge on any atom is -0.733 e. The average molecular weight is 305 g/mol. The number of carbonyl (C=O) groups is 2. The number of hydrogen-bond donors (Lipinski definition) is 3. The summed E-state index contributed by atoms with van der Waals surface area (Å²) in [6.45, 7) is 0. The van der Waals surface area contributed by atoms with Gasteiger partial charge in [0, 0.05) is 0 Å². The number of hydrogen-bond acceptors (Lipinski definition) is 8. The van der Waals surface area contributed by atoms with Crippen LogP contribution in [0, 0.1) is 5.21 Å². The van der Waals surface area contributed by atoms with Crippen molar-refractivity contribution in [3.63, 3.8) is 0 Å². The summed E-state index contributed by atoms with van der Waals surface area (Å²) in [4.78, 5) is 24.8. The molecule has 0 aliphatic heterocycles. The van der Waals surface area contributed by atoms with Crippen LogP contribution in [0.1, 0.15) is 0 Å². The monoisotopic (exact) mass is 305 g/mol. The number of rotatable bonds is 7. The SMILES string of the molecule is O=C(O)CSc1ccc(N([O-])O)c(SCC(=O)O)n1. The van der Waals surface area contributed by atoms with Gasteiger partial charge in [-0.15, -0.1) is 0 Å². The van der Waals surface area contributed by atoms with E-state index in [1.54, 1.807) is 0 Å². The van der Waals surface area contributed by atoms with E-state index < -0.39 is 17.2 Å². The van der Waals surface area contributed by atoms with Gasteiger partial charge in [0.1, 0.15) is 5.03 Å². The largest absolute Gasteiger partial charge is 0.733 e. The maximum absolute atomic E-state index is 10.9. The zero-order valence-corrected chi connectivity index (χ0v) is 11.0. The summed E-state index contributed by atoms with van der Waals surface area (Å²) in [5, 5.41) is 36.7. The molecule has 0 spiro atoms. The van der Waals surface area contributed by atoms with Crippen molar-refractivity contribution in [2.75, 3.05) is 16.7 Å². The molecule has 0 aromatic carbocycles. The van der Waals surface area contributed by atoms with E-state index in [1.807, 2.05) is 0 Å². The van der Waals surface area contributed by atoms with Crippen molar-refractivity contribution in [1.29, 1.82) is 0 Å². The van der Waals surface area contributed by atoms with Gasteiger partial charge in [-0.1, -0.05) is 23.5 Å². The van der Waals surface area contributed by atoms with Crippen LogP contribution >= 0.6 is 23.5 Å². The third kappa shape index (κ3) is 5.34. The second-order valence-corrected chi connectivity index (χ2v) is 5.07. The van der Waals surface area contributed by atoms with E-state index in [0.29, 0.717) is 5.03 Å². The molecule has 0 bridgehead atoms. The number of aromatic nitrogens is 1. The van der Waals surface area contributed by atoms with E-state index in [-0.39, 0.29) is 22.2 Å². The van der Waals surface area contributed by atoms with Crippen LogP contribution in [0.25, 0.3) is 0 Å². The number of nitrogens with zero attached hydrogens (tertiary/aromatic N) is 2. The Bertz CT molecular complexity index is 482. The number of aliphatic carboxylic acids is 2. The van der Waals surface area contributed by atoms with Gasteiger partial charge in [-0.3, -0.25) is 14.8 Å². The molecule has 1 aromatic rings. The lowest BCUT2D eigenvalue weighted by Gasteiger charge is -2.23. The smallest absolute Gasteiger partial charge is 0.313 e. The molecule has 0 radical (unpaired) electrons. The van der Waals surface area contributed by atoms with E-state index in [0.717, 1.165) is 23.5 Å². The van der Waals surface area contributed by atoms with Crippen molar-refractivity contribution >= 4 is 41.1 Å². The molecule has 1 heterocycles. The summed E-state index contributed by atoms with van der Waals surface area (Å²) in [6, 6.07) is 2.61. The van der Waals surface area contributed by atoms with Crippen LogP contribution in [0.3, 0.4) is 0 Å². The molecule has 0 amide bonds. The summed E-state index contributed by atoms with van der Waals surface area (Å²) in [7, 11) is 0. The fourth-order valence-electron chi connectivity index (χ4n) is 1.01. The molecule has 10 heteroatoms. The Morgan fingerprint density at radius 1 is 1.21 bits per heavy atom. The lowest BCUT2D eigenvalue weighted by atomic mass is 10.4. The lowest BCUT2D eigenvalue weighted by Crippen LogP contribution is -2.10. The maximum atomic E-state index is 10.9. The van der Waals surface area contributed by atoms with Crippen molar-refractivity contribution in [1.82, 2.24) is 4.98 Å². The first-order valence-corrected chi connectivity index (χ1v) is 6.73. The molecule has 0 saturated heterocycles. The van der Waals surface area contributed by atoms with Gasteiger partial charge < -0.3 is 20.6 Å². The molecule has 3 N–H and O–H groups in total. The zero-order valence-electron chi connectivity index (χ0n) is 9.35. The third-order valence-electron chi connectivity index (χ3n) is 1.70. The van der Waals surface area contributed by atoms with Crippen molar-refractivity contribution in [2.45, 2.75) is 10.1 Å². The van der Waals surface area contributed by atoms with E-state index >= 15 is 0 Å². The van der Waals surface area contributed by atoms with Gasteiger partial charge in [0.2, 0.25) is 0 Å². The normalized spacial score (nSPS) is 10.2. The van der Waals surface area contributed by atoms with Crippen LogP contribution in [0.15, 0.2) is 22.2 Å². The Labute approximate surface area is 116 Å². The minimum absolute atomic E-state index is 0.0234. The highest BCUT2D eigenvalue weighted by molar-refractivity contribution is 8.00. The van der Waals surface area contributed by atoms with Crippen molar-refractivity contribution in [3.8, 4) is 0 Å². The van der Waals surface area contributed by atoms with Crippen LogP contribution in [-0.2, 0) is 9.59 Å². The highest BCUT2D eigenvalue weighted by atomic mass is 32.2. The molecular weight excluding hydrogens is 296 g/mol. The van der Waals surface area contributed by atoms with Crippen molar-refractivity contribution in [2.24, 2.45) is 0 Å². The fraction of sp³-hybridized carbons (Fsp3) is 0.222. The quantitative estimate of drug-likeness (QED) is 0.497. The van der Waals surface area contributed by atoms with E-state index in [4.69, 9.17) is 15.4 Å². The second-order valence-electron chi connectivity index (χ2n) is 3.11. The molecule has 0 unspecified atom stereocenters. The van der Waals surface area contributed by atoms with Gasteiger partial charge >= 0.3 is 11.9 Å². The summed E-state index contributed by atoms with van der Waals surface area (Å²) >= 11 is 1.68. The highest BCUT2D eigenvalue weighted by Gasteiger charge is 2.11. The Morgan fingerprint density at radius 2 is 1.79 bits per heavy atom. The topological polar surface area (TPSA) is 134 Å². The zero-order chi connectivity index (χ0) is 14.4. The predicted molar refractivity (Wildman–Crippen MR) is 68.6 cm³/mol. The molecule has 1 aromatic heterocycles.